The van der Waals surface area contributed by atoms with Gasteiger partial charge in [0.15, 0.2) is 0 Å². The van der Waals surface area contributed by atoms with Gasteiger partial charge in [-0.15, -0.1) is 0 Å². The summed E-state index contributed by atoms with van der Waals surface area (Å²) in [7, 11) is 0. The smallest absolute Gasteiger partial charge is 0.337 e. The number of halogens is 1. The summed E-state index contributed by atoms with van der Waals surface area (Å²) in [5.74, 6) is -0.953. The first kappa shape index (κ1) is 10.9. The van der Waals surface area contributed by atoms with Crippen molar-refractivity contribution in [2.45, 2.75) is 6.92 Å². The van der Waals surface area contributed by atoms with Crippen molar-refractivity contribution in [3.8, 4) is 5.69 Å². The summed E-state index contributed by atoms with van der Waals surface area (Å²) in [6, 6.07) is 5.24. The highest BCUT2D eigenvalue weighted by atomic mass is 79.9. The van der Waals surface area contributed by atoms with Gasteiger partial charge < -0.3 is 5.11 Å². The maximum atomic E-state index is 11.1. The number of aromatic nitrogens is 2. The molecular formula is C11H9BrN2O2. The Morgan fingerprint density at radius 2 is 2.25 bits per heavy atom. The van der Waals surface area contributed by atoms with E-state index in [1.807, 2.05) is 13.0 Å². The van der Waals surface area contributed by atoms with Gasteiger partial charge in [0.2, 0.25) is 0 Å². The Bertz CT molecular complexity index is 549. The third kappa shape index (κ3) is 1.99. The SMILES string of the molecule is Cc1ccc(-n2cc(Br)cn2)c(C(=O)O)c1. The molecule has 16 heavy (non-hydrogen) atoms. The minimum absolute atomic E-state index is 0.246. The summed E-state index contributed by atoms with van der Waals surface area (Å²) < 4.78 is 2.34. The van der Waals surface area contributed by atoms with Crippen molar-refractivity contribution in [3.05, 3.63) is 46.2 Å². The second-order valence-corrected chi connectivity index (χ2v) is 4.34. The lowest BCUT2D eigenvalue weighted by molar-refractivity contribution is 0.0696. The Labute approximate surface area is 101 Å². The molecule has 0 saturated heterocycles. The maximum Gasteiger partial charge on any atom is 0.337 e. The van der Waals surface area contributed by atoms with Crippen LogP contribution in [0.2, 0.25) is 0 Å². The second-order valence-electron chi connectivity index (χ2n) is 3.43. The van der Waals surface area contributed by atoms with Crippen molar-refractivity contribution in [1.82, 2.24) is 9.78 Å². The van der Waals surface area contributed by atoms with Crippen molar-refractivity contribution in [2.75, 3.05) is 0 Å². The topological polar surface area (TPSA) is 55.1 Å². The van der Waals surface area contributed by atoms with E-state index in [2.05, 4.69) is 21.0 Å². The van der Waals surface area contributed by atoms with Gasteiger partial charge in [-0.25, -0.2) is 9.48 Å². The van der Waals surface area contributed by atoms with Gasteiger partial charge in [-0.2, -0.15) is 5.10 Å². The monoisotopic (exact) mass is 280 g/mol. The van der Waals surface area contributed by atoms with E-state index in [-0.39, 0.29) is 5.56 Å². The van der Waals surface area contributed by atoms with E-state index < -0.39 is 5.97 Å². The maximum absolute atomic E-state index is 11.1. The first-order valence-corrected chi connectivity index (χ1v) is 5.42. The van der Waals surface area contributed by atoms with E-state index in [1.54, 1.807) is 24.5 Å². The molecule has 0 amide bonds. The number of aromatic carboxylic acids is 1. The quantitative estimate of drug-likeness (QED) is 0.920. The molecule has 1 aromatic heterocycles. The zero-order valence-electron chi connectivity index (χ0n) is 8.51. The van der Waals surface area contributed by atoms with Gasteiger partial charge in [-0.1, -0.05) is 11.6 Å². The van der Waals surface area contributed by atoms with E-state index >= 15 is 0 Å². The number of rotatable bonds is 2. The second kappa shape index (κ2) is 4.09. The lowest BCUT2D eigenvalue weighted by atomic mass is 10.1. The molecule has 0 spiro atoms. The third-order valence-corrected chi connectivity index (χ3v) is 2.59. The average molecular weight is 281 g/mol. The minimum Gasteiger partial charge on any atom is -0.478 e. The summed E-state index contributed by atoms with van der Waals surface area (Å²) in [4.78, 5) is 11.1. The van der Waals surface area contributed by atoms with E-state index in [0.717, 1.165) is 10.0 Å². The number of aryl methyl sites for hydroxylation is 1. The van der Waals surface area contributed by atoms with E-state index in [9.17, 15) is 4.79 Å². The highest BCUT2D eigenvalue weighted by Crippen LogP contribution is 2.18. The van der Waals surface area contributed by atoms with E-state index in [1.165, 1.54) is 4.68 Å². The van der Waals surface area contributed by atoms with Crippen molar-refractivity contribution in [1.29, 1.82) is 0 Å². The number of carboxylic acids is 1. The van der Waals surface area contributed by atoms with Crippen LogP contribution in [0.4, 0.5) is 0 Å². The van der Waals surface area contributed by atoms with Crippen LogP contribution in [-0.2, 0) is 0 Å². The molecule has 0 unspecified atom stereocenters. The van der Waals surface area contributed by atoms with Crippen LogP contribution in [0.1, 0.15) is 15.9 Å². The Kier molecular flexibility index (Phi) is 2.78. The molecule has 5 heteroatoms. The van der Waals surface area contributed by atoms with Crippen molar-refractivity contribution in [3.63, 3.8) is 0 Å². The van der Waals surface area contributed by atoms with Gasteiger partial charge in [0.1, 0.15) is 0 Å². The third-order valence-electron chi connectivity index (χ3n) is 2.18. The summed E-state index contributed by atoms with van der Waals surface area (Å²) in [5, 5.41) is 13.2. The Morgan fingerprint density at radius 1 is 1.50 bits per heavy atom. The molecule has 0 aliphatic rings. The summed E-state index contributed by atoms with van der Waals surface area (Å²) in [6.07, 6.45) is 3.34. The van der Waals surface area contributed by atoms with Crippen molar-refractivity contribution >= 4 is 21.9 Å². The Hall–Kier alpha value is -1.62. The molecular weight excluding hydrogens is 272 g/mol. The summed E-state index contributed by atoms with van der Waals surface area (Å²) >= 11 is 3.27. The van der Waals surface area contributed by atoms with Gasteiger partial charge in [0.25, 0.3) is 0 Å². The Morgan fingerprint density at radius 3 is 2.81 bits per heavy atom. The van der Waals surface area contributed by atoms with Crippen LogP contribution in [0.5, 0.6) is 0 Å². The van der Waals surface area contributed by atoms with Crippen LogP contribution in [0.25, 0.3) is 5.69 Å². The van der Waals surface area contributed by atoms with Crippen molar-refractivity contribution < 1.29 is 9.90 Å². The predicted octanol–water partition coefficient (Wildman–Crippen LogP) is 2.64. The first-order chi connectivity index (χ1) is 7.58. The molecule has 1 aromatic carbocycles. The van der Waals surface area contributed by atoms with Gasteiger partial charge in [0.05, 0.1) is 21.9 Å². The van der Waals surface area contributed by atoms with Crippen LogP contribution in [0, 0.1) is 6.92 Å². The van der Waals surface area contributed by atoms with Crippen LogP contribution in [0.3, 0.4) is 0 Å². The van der Waals surface area contributed by atoms with Gasteiger partial charge in [0, 0.05) is 6.20 Å². The zero-order chi connectivity index (χ0) is 11.7. The molecule has 1 heterocycles. The molecule has 0 fully saturated rings. The molecule has 2 rings (SSSR count). The molecule has 0 saturated carbocycles. The first-order valence-electron chi connectivity index (χ1n) is 4.62. The lowest BCUT2D eigenvalue weighted by Crippen LogP contribution is -2.06. The van der Waals surface area contributed by atoms with E-state index in [0.29, 0.717) is 5.69 Å². The molecule has 0 radical (unpaired) electrons. The fraction of sp³-hybridized carbons (Fsp3) is 0.0909. The van der Waals surface area contributed by atoms with Crippen LogP contribution in [-0.4, -0.2) is 20.9 Å². The number of carboxylic acid groups (broad SMARTS) is 1. The van der Waals surface area contributed by atoms with Crippen LogP contribution in [0.15, 0.2) is 35.1 Å². The van der Waals surface area contributed by atoms with Crippen molar-refractivity contribution in [2.24, 2.45) is 0 Å². The molecule has 4 nitrogen and oxygen atoms in total. The summed E-state index contributed by atoms with van der Waals surface area (Å²) in [6.45, 7) is 1.86. The standard InChI is InChI=1S/C11H9BrN2O2/c1-7-2-3-10(9(4-7)11(15)16)14-6-8(12)5-13-14/h2-6H,1H3,(H,15,16). The van der Waals surface area contributed by atoms with Crippen LogP contribution < -0.4 is 0 Å². The highest BCUT2D eigenvalue weighted by molar-refractivity contribution is 9.10. The van der Waals surface area contributed by atoms with Gasteiger partial charge >= 0.3 is 5.97 Å². The molecule has 0 atom stereocenters. The summed E-state index contributed by atoms with van der Waals surface area (Å²) in [5.41, 5.74) is 1.71. The number of carbonyl (C=O) groups is 1. The fourth-order valence-electron chi connectivity index (χ4n) is 1.45. The number of hydrogen-bond donors (Lipinski definition) is 1. The van der Waals surface area contributed by atoms with Gasteiger partial charge in [-0.05, 0) is 35.0 Å². The average Bonchev–Trinajstić information content (AvgIpc) is 2.64. The highest BCUT2D eigenvalue weighted by Gasteiger charge is 2.12. The number of hydrogen-bond acceptors (Lipinski definition) is 2. The normalized spacial score (nSPS) is 10.4. The minimum atomic E-state index is -0.953. The lowest BCUT2D eigenvalue weighted by Gasteiger charge is -2.06. The molecule has 0 aliphatic carbocycles. The largest absolute Gasteiger partial charge is 0.478 e. The molecule has 0 bridgehead atoms. The number of benzene rings is 1. The van der Waals surface area contributed by atoms with Gasteiger partial charge in [-0.3, -0.25) is 0 Å². The molecule has 0 aliphatic heterocycles. The molecule has 1 N–H and O–H groups in total. The molecule has 2 aromatic rings. The van der Waals surface area contributed by atoms with E-state index in [4.69, 9.17) is 5.11 Å². The zero-order valence-corrected chi connectivity index (χ0v) is 10.1. The Balaban J connectivity index is 2.60. The van der Waals surface area contributed by atoms with Crippen LogP contribution >= 0.6 is 15.9 Å². The fourth-order valence-corrected chi connectivity index (χ4v) is 1.74. The molecule has 82 valence electrons. The predicted molar refractivity (Wildman–Crippen MR) is 63.0 cm³/mol. The number of nitrogens with zero attached hydrogens (tertiary/aromatic N) is 2.